The Morgan fingerprint density at radius 1 is 1.50 bits per heavy atom. The highest BCUT2D eigenvalue weighted by atomic mass is 16.5. The molecule has 1 aliphatic carbocycles. The van der Waals surface area contributed by atoms with Crippen LogP contribution in [0.5, 0.6) is 5.75 Å². The topological polar surface area (TPSA) is 74.6 Å². The standard InChI is InChI=1S/C13H16N4O/c1-17(2)8-16-12-5-9(15)6-13(11(12)7-14)18-10-3-4-10/h5-6,8,10H,3-4,15H2,1-2H3. The summed E-state index contributed by atoms with van der Waals surface area (Å²) in [6, 6.07) is 5.50. The normalized spacial score (nSPS) is 14.5. The Morgan fingerprint density at radius 2 is 2.22 bits per heavy atom. The van der Waals surface area contributed by atoms with Gasteiger partial charge >= 0.3 is 0 Å². The monoisotopic (exact) mass is 244 g/mol. The first-order valence-corrected chi connectivity index (χ1v) is 5.81. The van der Waals surface area contributed by atoms with Crippen molar-refractivity contribution in [1.29, 1.82) is 5.26 Å². The minimum atomic E-state index is 0.226. The number of ether oxygens (including phenoxy) is 1. The van der Waals surface area contributed by atoms with Crippen molar-refractivity contribution in [2.75, 3.05) is 19.8 Å². The van der Waals surface area contributed by atoms with Gasteiger partial charge in [0.2, 0.25) is 0 Å². The molecule has 0 spiro atoms. The average molecular weight is 244 g/mol. The minimum Gasteiger partial charge on any atom is -0.489 e. The third-order valence-electron chi connectivity index (χ3n) is 2.46. The zero-order valence-electron chi connectivity index (χ0n) is 10.6. The number of nitrogens with two attached hydrogens (primary N) is 1. The Labute approximate surface area is 106 Å². The van der Waals surface area contributed by atoms with Crippen LogP contribution in [0.3, 0.4) is 0 Å². The molecule has 2 rings (SSSR count). The number of hydrogen-bond acceptors (Lipinski definition) is 4. The first-order valence-electron chi connectivity index (χ1n) is 5.81. The second-order valence-electron chi connectivity index (χ2n) is 4.55. The average Bonchev–Trinajstić information content (AvgIpc) is 3.09. The van der Waals surface area contributed by atoms with Gasteiger partial charge in [-0.25, -0.2) is 4.99 Å². The van der Waals surface area contributed by atoms with Gasteiger partial charge in [0, 0.05) is 25.8 Å². The summed E-state index contributed by atoms with van der Waals surface area (Å²) in [4.78, 5) is 6.04. The van der Waals surface area contributed by atoms with Crippen LogP contribution in [-0.4, -0.2) is 31.4 Å². The zero-order valence-corrected chi connectivity index (χ0v) is 10.6. The molecule has 1 fully saturated rings. The highest BCUT2D eigenvalue weighted by molar-refractivity contribution is 5.72. The maximum absolute atomic E-state index is 9.23. The molecule has 5 nitrogen and oxygen atoms in total. The Hall–Kier alpha value is -2.22. The summed E-state index contributed by atoms with van der Waals surface area (Å²) in [5.74, 6) is 0.533. The number of nitrogen functional groups attached to an aromatic ring is 1. The molecular weight excluding hydrogens is 228 g/mol. The van der Waals surface area contributed by atoms with E-state index in [0.29, 0.717) is 22.7 Å². The molecule has 94 valence electrons. The molecule has 1 aliphatic rings. The molecule has 0 aliphatic heterocycles. The van der Waals surface area contributed by atoms with Crippen LogP contribution >= 0.6 is 0 Å². The Kier molecular flexibility index (Phi) is 3.38. The lowest BCUT2D eigenvalue weighted by Gasteiger charge is -2.10. The molecule has 1 saturated carbocycles. The lowest BCUT2D eigenvalue weighted by atomic mass is 10.1. The van der Waals surface area contributed by atoms with Crippen molar-refractivity contribution < 1.29 is 4.74 Å². The fourth-order valence-corrected chi connectivity index (χ4v) is 1.47. The van der Waals surface area contributed by atoms with E-state index in [-0.39, 0.29) is 6.10 Å². The van der Waals surface area contributed by atoms with Crippen LogP contribution in [0.4, 0.5) is 11.4 Å². The Balaban J connectivity index is 2.37. The second kappa shape index (κ2) is 4.96. The minimum absolute atomic E-state index is 0.226. The smallest absolute Gasteiger partial charge is 0.141 e. The molecule has 18 heavy (non-hydrogen) atoms. The van der Waals surface area contributed by atoms with Crippen LogP contribution in [0.25, 0.3) is 0 Å². The van der Waals surface area contributed by atoms with Crippen LogP contribution in [0.1, 0.15) is 18.4 Å². The van der Waals surface area contributed by atoms with E-state index in [2.05, 4.69) is 11.1 Å². The predicted octanol–water partition coefficient (Wildman–Crippen LogP) is 1.90. The van der Waals surface area contributed by atoms with Gasteiger partial charge in [0.1, 0.15) is 17.4 Å². The van der Waals surface area contributed by atoms with Gasteiger partial charge in [-0.05, 0) is 18.9 Å². The van der Waals surface area contributed by atoms with E-state index in [4.69, 9.17) is 10.5 Å². The van der Waals surface area contributed by atoms with Crippen molar-refractivity contribution in [2.24, 2.45) is 4.99 Å². The first kappa shape index (κ1) is 12.2. The zero-order chi connectivity index (χ0) is 13.1. The largest absolute Gasteiger partial charge is 0.489 e. The molecule has 0 heterocycles. The van der Waals surface area contributed by atoms with E-state index < -0.39 is 0 Å². The van der Waals surface area contributed by atoms with Crippen molar-refractivity contribution in [3.05, 3.63) is 17.7 Å². The van der Waals surface area contributed by atoms with Crippen LogP contribution in [0.15, 0.2) is 17.1 Å². The van der Waals surface area contributed by atoms with Gasteiger partial charge in [0.05, 0.1) is 18.1 Å². The number of nitrogens with zero attached hydrogens (tertiary/aromatic N) is 3. The summed E-state index contributed by atoms with van der Waals surface area (Å²) in [5.41, 5.74) is 7.34. The summed E-state index contributed by atoms with van der Waals surface area (Å²) >= 11 is 0. The van der Waals surface area contributed by atoms with Gasteiger partial charge < -0.3 is 15.4 Å². The van der Waals surface area contributed by atoms with Crippen LogP contribution in [0, 0.1) is 11.3 Å². The van der Waals surface area contributed by atoms with E-state index in [1.807, 2.05) is 14.1 Å². The van der Waals surface area contributed by atoms with Crippen molar-refractivity contribution in [1.82, 2.24) is 4.90 Å². The van der Waals surface area contributed by atoms with Gasteiger partial charge in [-0.1, -0.05) is 0 Å². The lowest BCUT2D eigenvalue weighted by molar-refractivity contribution is 0.302. The quantitative estimate of drug-likeness (QED) is 0.498. The summed E-state index contributed by atoms with van der Waals surface area (Å²) < 4.78 is 5.69. The number of benzene rings is 1. The molecule has 0 radical (unpaired) electrons. The van der Waals surface area contributed by atoms with E-state index in [1.54, 1.807) is 23.4 Å². The maximum Gasteiger partial charge on any atom is 0.141 e. The van der Waals surface area contributed by atoms with Crippen molar-refractivity contribution in [3.63, 3.8) is 0 Å². The Morgan fingerprint density at radius 3 is 2.78 bits per heavy atom. The van der Waals surface area contributed by atoms with E-state index in [0.717, 1.165) is 12.8 Å². The number of aliphatic imine (C=N–C) groups is 1. The lowest BCUT2D eigenvalue weighted by Crippen LogP contribution is -2.07. The Bertz CT molecular complexity index is 512. The number of nitriles is 1. The van der Waals surface area contributed by atoms with Crippen LogP contribution in [-0.2, 0) is 0 Å². The van der Waals surface area contributed by atoms with Gasteiger partial charge in [-0.15, -0.1) is 0 Å². The first-order chi connectivity index (χ1) is 8.60. The molecule has 0 aromatic heterocycles. The molecule has 0 bridgehead atoms. The van der Waals surface area contributed by atoms with Crippen LogP contribution < -0.4 is 10.5 Å². The third-order valence-corrected chi connectivity index (χ3v) is 2.46. The van der Waals surface area contributed by atoms with E-state index in [1.165, 1.54) is 0 Å². The molecule has 2 N–H and O–H groups in total. The van der Waals surface area contributed by atoms with Gasteiger partial charge in [0.15, 0.2) is 0 Å². The van der Waals surface area contributed by atoms with Crippen molar-refractivity contribution in [3.8, 4) is 11.8 Å². The second-order valence-corrected chi connectivity index (χ2v) is 4.55. The molecule has 5 heteroatoms. The van der Waals surface area contributed by atoms with Crippen molar-refractivity contribution >= 4 is 17.7 Å². The summed E-state index contributed by atoms with van der Waals surface area (Å²) in [5, 5.41) is 9.23. The maximum atomic E-state index is 9.23. The van der Waals surface area contributed by atoms with Crippen molar-refractivity contribution in [2.45, 2.75) is 18.9 Å². The fraction of sp³-hybridized carbons (Fsp3) is 0.385. The number of anilines is 1. The van der Waals surface area contributed by atoms with E-state index >= 15 is 0 Å². The third kappa shape index (κ3) is 2.92. The molecule has 1 aromatic rings. The molecule has 0 amide bonds. The highest BCUT2D eigenvalue weighted by Gasteiger charge is 2.25. The molecular formula is C13H16N4O. The van der Waals surface area contributed by atoms with Gasteiger partial charge in [-0.2, -0.15) is 5.26 Å². The number of rotatable bonds is 4. The summed E-state index contributed by atoms with van der Waals surface area (Å²) in [7, 11) is 3.73. The fourth-order valence-electron chi connectivity index (χ4n) is 1.47. The molecule has 1 aromatic carbocycles. The van der Waals surface area contributed by atoms with E-state index in [9.17, 15) is 5.26 Å². The van der Waals surface area contributed by atoms with Crippen LogP contribution in [0.2, 0.25) is 0 Å². The molecule has 0 unspecified atom stereocenters. The molecule has 0 atom stereocenters. The van der Waals surface area contributed by atoms with Gasteiger partial charge in [0.25, 0.3) is 0 Å². The predicted molar refractivity (Wildman–Crippen MR) is 71.1 cm³/mol. The highest BCUT2D eigenvalue weighted by Crippen LogP contribution is 2.35. The number of hydrogen-bond donors (Lipinski definition) is 1. The molecule has 0 saturated heterocycles. The van der Waals surface area contributed by atoms with Gasteiger partial charge in [-0.3, -0.25) is 0 Å². The summed E-state index contributed by atoms with van der Waals surface area (Å²) in [6.07, 6.45) is 3.94. The summed E-state index contributed by atoms with van der Waals surface area (Å²) in [6.45, 7) is 0. The SMILES string of the molecule is CN(C)C=Nc1cc(N)cc(OC2CC2)c1C#N.